The van der Waals surface area contributed by atoms with Crippen molar-refractivity contribution in [2.24, 2.45) is 0 Å². The molecule has 0 heterocycles. The average molecular weight is 99.2 g/mol. The molecule has 1 fully saturated rings. The first kappa shape index (κ1) is 5.10. The van der Waals surface area contributed by atoms with E-state index in [4.69, 9.17) is 4.74 Å². The predicted octanol–water partition coefficient (Wildman–Crippen LogP) is 1.39. The highest BCUT2D eigenvalue weighted by molar-refractivity contribution is 4.88. The fourth-order valence-electron chi connectivity index (χ4n) is 0.668. The Hall–Kier alpha value is -0.0400. The smallest absolute Gasteiger partial charge is 0.0606 e. The SMILES string of the molecule is CCOC1[CH]CC1. The first-order valence-electron chi connectivity index (χ1n) is 2.88. The van der Waals surface area contributed by atoms with Crippen molar-refractivity contribution in [1.82, 2.24) is 0 Å². The van der Waals surface area contributed by atoms with Crippen LogP contribution in [0.3, 0.4) is 0 Å². The third-order valence-corrected chi connectivity index (χ3v) is 1.26. The lowest BCUT2D eigenvalue weighted by atomic mass is 9.96. The van der Waals surface area contributed by atoms with Crippen LogP contribution in [0.15, 0.2) is 0 Å². The molecule has 0 aromatic carbocycles. The fourth-order valence-corrected chi connectivity index (χ4v) is 0.668. The summed E-state index contributed by atoms with van der Waals surface area (Å²) in [6.07, 6.45) is 5.21. The number of rotatable bonds is 2. The van der Waals surface area contributed by atoms with E-state index in [0.717, 1.165) is 6.61 Å². The highest BCUT2D eigenvalue weighted by Crippen LogP contribution is 2.19. The highest BCUT2D eigenvalue weighted by atomic mass is 16.5. The molecule has 0 aliphatic heterocycles. The molecule has 0 amide bonds. The minimum absolute atomic E-state index is 0.505. The fraction of sp³-hybridized carbons (Fsp3) is 0.833. The van der Waals surface area contributed by atoms with Gasteiger partial charge in [0.2, 0.25) is 0 Å². The largest absolute Gasteiger partial charge is 0.378 e. The Morgan fingerprint density at radius 3 is 2.71 bits per heavy atom. The monoisotopic (exact) mass is 99.1 g/mol. The predicted molar refractivity (Wildman–Crippen MR) is 28.9 cm³/mol. The number of ether oxygens (including phenoxy) is 1. The van der Waals surface area contributed by atoms with E-state index in [1.807, 2.05) is 6.92 Å². The van der Waals surface area contributed by atoms with Crippen LogP contribution >= 0.6 is 0 Å². The van der Waals surface area contributed by atoms with E-state index in [0.29, 0.717) is 6.10 Å². The second-order valence-corrected chi connectivity index (χ2v) is 1.81. The third kappa shape index (κ3) is 1.16. The normalized spacial score (nSPS) is 21.9. The van der Waals surface area contributed by atoms with Crippen LogP contribution in [0, 0.1) is 6.42 Å². The molecule has 0 spiro atoms. The minimum atomic E-state index is 0.505. The molecule has 1 nitrogen and oxygen atoms in total. The van der Waals surface area contributed by atoms with Crippen molar-refractivity contribution in [2.45, 2.75) is 25.9 Å². The molecule has 41 valence electrons. The molecule has 7 heavy (non-hydrogen) atoms. The lowest BCUT2D eigenvalue weighted by Gasteiger charge is -2.23. The summed E-state index contributed by atoms with van der Waals surface area (Å²) >= 11 is 0. The number of hydrogen-bond acceptors (Lipinski definition) is 1. The van der Waals surface area contributed by atoms with Gasteiger partial charge in [0.1, 0.15) is 0 Å². The van der Waals surface area contributed by atoms with E-state index in [2.05, 4.69) is 6.42 Å². The van der Waals surface area contributed by atoms with E-state index in [9.17, 15) is 0 Å². The van der Waals surface area contributed by atoms with Crippen molar-refractivity contribution >= 4 is 0 Å². The maximum absolute atomic E-state index is 5.22. The zero-order chi connectivity index (χ0) is 5.11. The number of hydrogen-bond donors (Lipinski definition) is 0. The van der Waals surface area contributed by atoms with Gasteiger partial charge in [0.25, 0.3) is 0 Å². The van der Waals surface area contributed by atoms with E-state index in [1.165, 1.54) is 12.8 Å². The molecule has 0 aromatic heterocycles. The minimum Gasteiger partial charge on any atom is -0.378 e. The van der Waals surface area contributed by atoms with E-state index in [1.54, 1.807) is 0 Å². The Kier molecular flexibility index (Phi) is 1.69. The summed E-state index contributed by atoms with van der Waals surface area (Å²) < 4.78 is 5.22. The van der Waals surface area contributed by atoms with Crippen LogP contribution in [0.2, 0.25) is 0 Å². The zero-order valence-corrected chi connectivity index (χ0v) is 4.68. The molecule has 1 unspecified atom stereocenters. The van der Waals surface area contributed by atoms with Crippen LogP contribution in [-0.2, 0) is 4.74 Å². The lowest BCUT2D eigenvalue weighted by molar-refractivity contribution is 0.0493. The summed E-state index contributed by atoms with van der Waals surface area (Å²) in [5.74, 6) is 0. The van der Waals surface area contributed by atoms with Crippen LogP contribution in [0.25, 0.3) is 0 Å². The summed E-state index contributed by atoms with van der Waals surface area (Å²) in [6.45, 7) is 2.90. The quantitative estimate of drug-likeness (QED) is 0.508. The molecule has 1 aliphatic carbocycles. The molecule has 1 atom stereocenters. The van der Waals surface area contributed by atoms with Crippen LogP contribution in [0.1, 0.15) is 19.8 Å². The van der Waals surface area contributed by atoms with Crippen molar-refractivity contribution < 1.29 is 4.74 Å². The molecular weight excluding hydrogens is 88.1 g/mol. The standard InChI is InChI=1S/C6H11O/c1-2-7-6-4-3-5-6/h4,6H,2-3,5H2,1H3. The molecule has 0 N–H and O–H groups in total. The summed E-state index contributed by atoms with van der Waals surface area (Å²) in [6, 6.07) is 0. The van der Waals surface area contributed by atoms with Gasteiger partial charge >= 0.3 is 0 Å². The molecule has 0 aromatic rings. The molecule has 1 radical (unpaired) electrons. The Bertz CT molecular complexity index is 48.1. The molecule has 1 heteroatoms. The van der Waals surface area contributed by atoms with Gasteiger partial charge in [0, 0.05) is 6.61 Å². The third-order valence-electron chi connectivity index (χ3n) is 1.26. The van der Waals surface area contributed by atoms with Gasteiger partial charge in [-0.15, -0.1) is 0 Å². The van der Waals surface area contributed by atoms with Gasteiger partial charge < -0.3 is 4.74 Å². The van der Waals surface area contributed by atoms with Crippen molar-refractivity contribution in [3.05, 3.63) is 6.42 Å². The first-order valence-corrected chi connectivity index (χ1v) is 2.88. The van der Waals surface area contributed by atoms with Crippen LogP contribution < -0.4 is 0 Å². The van der Waals surface area contributed by atoms with Gasteiger partial charge in [-0.1, -0.05) is 0 Å². The molecule has 1 rings (SSSR count). The summed E-state index contributed by atoms with van der Waals surface area (Å²) in [5.41, 5.74) is 0. The molecule has 1 aliphatic rings. The maximum Gasteiger partial charge on any atom is 0.0606 e. The van der Waals surface area contributed by atoms with Crippen LogP contribution in [-0.4, -0.2) is 12.7 Å². The zero-order valence-electron chi connectivity index (χ0n) is 4.68. The van der Waals surface area contributed by atoms with Crippen molar-refractivity contribution in [2.75, 3.05) is 6.61 Å². The van der Waals surface area contributed by atoms with Gasteiger partial charge in [-0.25, -0.2) is 0 Å². The van der Waals surface area contributed by atoms with E-state index in [-0.39, 0.29) is 0 Å². The Morgan fingerprint density at radius 2 is 2.57 bits per heavy atom. The second-order valence-electron chi connectivity index (χ2n) is 1.81. The van der Waals surface area contributed by atoms with Crippen LogP contribution in [0.4, 0.5) is 0 Å². The Labute approximate surface area is 44.7 Å². The van der Waals surface area contributed by atoms with E-state index < -0.39 is 0 Å². The lowest BCUT2D eigenvalue weighted by Crippen LogP contribution is -2.21. The average Bonchev–Trinajstić information content (AvgIpc) is 1.55. The maximum atomic E-state index is 5.22. The Morgan fingerprint density at radius 1 is 1.86 bits per heavy atom. The molecule has 0 saturated heterocycles. The summed E-state index contributed by atoms with van der Waals surface area (Å²) in [7, 11) is 0. The Balaban J connectivity index is 1.93. The van der Waals surface area contributed by atoms with Gasteiger partial charge in [-0.05, 0) is 26.2 Å². The molecule has 1 saturated carbocycles. The first-order chi connectivity index (χ1) is 3.43. The van der Waals surface area contributed by atoms with Gasteiger partial charge in [0.15, 0.2) is 0 Å². The molecule has 0 bridgehead atoms. The van der Waals surface area contributed by atoms with Gasteiger partial charge in [0.05, 0.1) is 6.10 Å². The summed E-state index contributed by atoms with van der Waals surface area (Å²) in [4.78, 5) is 0. The molecular formula is C6H11O. The van der Waals surface area contributed by atoms with Crippen molar-refractivity contribution in [1.29, 1.82) is 0 Å². The van der Waals surface area contributed by atoms with Gasteiger partial charge in [-0.2, -0.15) is 0 Å². The van der Waals surface area contributed by atoms with Crippen molar-refractivity contribution in [3.63, 3.8) is 0 Å². The van der Waals surface area contributed by atoms with E-state index >= 15 is 0 Å². The van der Waals surface area contributed by atoms with Crippen LogP contribution in [0.5, 0.6) is 0 Å². The van der Waals surface area contributed by atoms with Gasteiger partial charge in [-0.3, -0.25) is 0 Å². The summed E-state index contributed by atoms with van der Waals surface area (Å²) in [5, 5.41) is 0. The topological polar surface area (TPSA) is 9.23 Å². The second kappa shape index (κ2) is 2.31. The van der Waals surface area contributed by atoms with Crippen molar-refractivity contribution in [3.8, 4) is 0 Å². The highest BCUT2D eigenvalue weighted by Gasteiger charge is 2.16.